The number of nitro groups is 1. The summed E-state index contributed by atoms with van der Waals surface area (Å²) in [5, 5.41) is 20.6. The number of nitrogens with two attached hydrogens (primary N) is 1. The Bertz CT molecular complexity index is 466. The van der Waals surface area contributed by atoms with Gasteiger partial charge in [0.2, 0.25) is 0 Å². The first-order valence-corrected chi connectivity index (χ1v) is 5.82. The van der Waals surface area contributed by atoms with E-state index in [2.05, 4.69) is 4.98 Å². The molecule has 98 valence electrons. The average Bonchev–Trinajstić information content (AvgIpc) is 2.31. The van der Waals surface area contributed by atoms with Gasteiger partial charge in [-0.3, -0.25) is 10.1 Å². The lowest BCUT2D eigenvalue weighted by atomic mass is 9.96. The third-order valence-corrected chi connectivity index (χ3v) is 3.27. The van der Waals surface area contributed by atoms with Crippen LogP contribution in [0.5, 0.6) is 0 Å². The van der Waals surface area contributed by atoms with Crippen LogP contribution in [0, 0.1) is 16.0 Å². The number of pyridine rings is 1. The van der Waals surface area contributed by atoms with E-state index in [1.54, 1.807) is 0 Å². The van der Waals surface area contributed by atoms with Gasteiger partial charge in [0, 0.05) is 13.1 Å². The van der Waals surface area contributed by atoms with Crippen LogP contribution in [0.25, 0.3) is 0 Å². The van der Waals surface area contributed by atoms with Crippen molar-refractivity contribution in [3.63, 3.8) is 0 Å². The minimum Gasteiger partial charge on any atom is -0.391 e. The first kappa shape index (κ1) is 12.6. The van der Waals surface area contributed by atoms with E-state index >= 15 is 0 Å². The van der Waals surface area contributed by atoms with Crippen LogP contribution in [-0.2, 0) is 0 Å². The molecule has 2 atom stereocenters. The largest absolute Gasteiger partial charge is 0.391 e. The van der Waals surface area contributed by atoms with Crippen LogP contribution >= 0.6 is 0 Å². The Morgan fingerprint density at radius 2 is 2.33 bits per heavy atom. The third-order valence-electron chi connectivity index (χ3n) is 3.27. The summed E-state index contributed by atoms with van der Waals surface area (Å²) in [6, 6.07) is 2.62. The van der Waals surface area contributed by atoms with Crippen LogP contribution in [0.15, 0.2) is 12.1 Å². The van der Waals surface area contributed by atoms with Crippen LogP contribution in [0.3, 0.4) is 0 Å². The number of piperidine rings is 1. The van der Waals surface area contributed by atoms with Crippen molar-refractivity contribution in [2.45, 2.75) is 19.4 Å². The predicted molar refractivity (Wildman–Crippen MR) is 67.3 cm³/mol. The van der Waals surface area contributed by atoms with E-state index in [4.69, 9.17) is 5.73 Å². The van der Waals surface area contributed by atoms with E-state index in [0.29, 0.717) is 18.9 Å². The number of nitrogen functional groups attached to an aromatic ring is 1. The molecule has 1 aliphatic rings. The van der Waals surface area contributed by atoms with E-state index in [1.165, 1.54) is 12.1 Å². The number of aromatic nitrogens is 1. The number of nitrogens with zero attached hydrogens (tertiary/aromatic N) is 3. The SMILES string of the molecule is CC1CCN(c2cc([N+](=O)[O-])cc(N)n2)CC1O. The Hall–Kier alpha value is -1.89. The van der Waals surface area contributed by atoms with Crippen molar-refractivity contribution >= 4 is 17.3 Å². The van der Waals surface area contributed by atoms with E-state index in [9.17, 15) is 15.2 Å². The van der Waals surface area contributed by atoms with Crippen molar-refractivity contribution in [2.24, 2.45) is 5.92 Å². The van der Waals surface area contributed by atoms with Crippen molar-refractivity contribution in [3.8, 4) is 0 Å². The lowest BCUT2D eigenvalue weighted by molar-refractivity contribution is -0.384. The number of hydrogen-bond acceptors (Lipinski definition) is 6. The maximum absolute atomic E-state index is 10.8. The second-order valence-electron chi connectivity index (χ2n) is 4.64. The van der Waals surface area contributed by atoms with Crippen LogP contribution in [-0.4, -0.2) is 34.2 Å². The molecular weight excluding hydrogens is 236 g/mol. The van der Waals surface area contributed by atoms with E-state index < -0.39 is 11.0 Å². The molecule has 18 heavy (non-hydrogen) atoms. The van der Waals surface area contributed by atoms with Gasteiger partial charge >= 0.3 is 0 Å². The molecule has 1 aromatic heterocycles. The van der Waals surface area contributed by atoms with Crippen molar-refractivity contribution in [3.05, 3.63) is 22.2 Å². The number of rotatable bonds is 2. The van der Waals surface area contributed by atoms with E-state index in [-0.39, 0.29) is 17.4 Å². The highest BCUT2D eigenvalue weighted by Gasteiger charge is 2.26. The molecule has 0 bridgehead atoms. The number of aliphatic hydroxyl groups excluding tert-OH is 1. The number of aliphatic hydroxyl groups is 1. The molecule has 1 saturated heterocycles. The first-order chi connectivity index (χ1) is 8.47. The maximum atomic E-state index is 10.8. The summed E-state index contributed by atoms with van der Waals surface area (Å²) in [7, 11) is 0. The minimum absolute atomic E-state index is 0.0781. The number of hydrogen-bond donors (Lipinski definition) is 2. The van der Waals surface area contributed by atoms with Gasteiger partial charge in [0.1, 0.15) is 11.6 Å². The molecule has 3 N–H and O–H groups in total. The zero-order chi connectivity index (χ0) is 13.3. The topological polar surface area (TPSA) is 106 Å². The maximum Gasteiger partial charge on any atom is 0.276 e. The van der Waals surface area contributed by atoms with Gasteiger partial charge in [-0.2, -0.15) is 0 Å². The van der Waals surface area contributed by atoms with Crippen molar-refractivity contribution in [1.82, 2.24) is 4.98 Å². The molecular formula is C11H16N4O3. The Morgan fingerprint density at radius 3 is 2.94 bits per heavy atom. The second kappa shape index (κ2) is 4.77. The summed E-state index contributed by atoms with van der Waals surface area (Å²) >= 11 is 0. The van der Waals surface area contributed by atoms with E-state index in [0.717, 1.165) is 6.42 Å². The van der Waals surface area contributed by atoms with Gasteiger partial charge < -0.3 is 15.7 Å². The fraction of sp³-hybridized carbons (Fsp3) is 0.545. The molecule has 1 aromatic rings. The number of β-amino-alcohol motifs (C(OH)–C–C–N with tert-alkyl or cyclic N) is 1. The standard InChI is InChI=1S/C11H16N4O3/c1-7-2-3-14(6-9(7)16)11-5-8(15(17)18)4-10(12)13-11/h4-5,7,9,16H,2-3,6H2,1H3,(H2,12,13). The van der Waals surface area contributed by atoms with Gasteiger partial charge in [-0.05, 0) is 12.3 Å². The average molecular weight is 252 g/mol. The Labute approximate surface area is 104 Å². The first-order valence-electron chi connectivity index (χ1n) is 5.82. The smallest absolute Gasteiger partial charge is 0.276 e. The highest BCUT2D eigenvalue weighted by molar-refractivity contribution is 5.54. The van der Waals surface area contributed by atoms with Crippen LogP contribution in [0.2, 0.25) is 0 Å². The molecule has 0 aromatic carbocycles. The molecule has 0 saturated carbocycles. The van der Waals surface area contributed by atoms with Crippen molar-refractivity contribution in [2.75, 3.05) is 23.7 Å². The summed E-state index contributed by atoms with van der Waals surface area (Å²) in [6.07, 6.45) is 0.381. The monoisotopic (exact) mass is 252 g/mol. The van der Waals surface area contributed by atoms with Gasteiger partial charge in [0.25, 0.3) is 5.69 Å². The molecule has 0 amide bonds. The van der Waals surface area contributed by atoms with Crippen LogP contribution < -0.4 is 10.6 Å². The molecule has 2 unspecified atom stereocenters. The Balaban J connectivity index is 2.25. The van der Waals surface area contributed by atoms with Crippen LogP contribution in [0.1, 0.15) is 13.3 Å². The summed E-state index contributed by atoms with van der Waals surface area (Å²) in [5.41, 5.74) is 5.48. The lowest BCUT2D eigenvalue weighted by Crippen LogP contribution is -2.43. The van der Waals surface area contributed by atoms with Gasteiger partial charge in [0.15, 0.2) is 0 Å². The Kier molecular flexibility index (Phi) is 3.33. The quantitative estimate of drug-likeness (QED) is 0.595. The molecule has 2 rings (SSSR count). The minimum atomic E-state index is -0.495. The van der Waals surface area contributed by atoms with Gasteiger partial charge in [-0.15, -0.1) is 0 Å². The fourth-order valence-corrected chi connectivity index (χ4v) is 2.05. The van der Waals surface area contributed by atoms with Crippen LogP contribution in [0.4, 0.5) is 17.3 Å². The van der Waals surface area contributed by atoms with Gasteiger partial charge in [-0.25, -0.2) is 4.98 Å². The third kappa shape index (κ3) is 2.51. The molecule has 1 aliphatic heterocycles. The molecule has 0 radical (unpaired) electrons. The number of anilines is 2. The van der Waals surface area contributed by atoms with Gasteiger partial charge in [-0.1, -0.05) is 6.92 Å². The predicted octanol–water partition coefficient (Wildman–Crippen LogP) is 0.779. The van der Waals surface area contributed by atoms with Crippen molar-refractivity contribution < 1.29 is 10.0 Å². The molecule has 0 spiro atoms. The fourth-order valence-electron chi connectivity index (χ4n) is 2.05. The zero-order valence-corrected chi connectivity index (χ0v) is 10.1. The summed E-state index contributed by atoms with van der Waals surface area (Å²) in [5.74, 6) is 0.803. The molecule has 7 nitrogen and oxygen atoms in total. The van der Waals surface area contributed by atoms with Gasteiger partial charge in [0.05, 0.1) is 23.2 Å². The normalized spacial score (nSPS) is 24.0. The molecule has 1 fully saturated rings. The highest BCUT2D eigenvalue weighted by Crippen LogP contribution is 2.26. The second-order valence-corrected chi connectivity index (χ2v) is 4.64. The summed E-state index contributed by atoms with van der Waals surface area (Å²) < 4.78 is 0. The molecule has 2 heterocycles. The Morgan fingerprint density at radius 1 is 1.61 bits per heavy atom. The molecule has 7 heteroatoms. The zero-order valence-electron chi connectivity index (χ0n) is 10.1. The highest BCUT2D eigenvalue weighted by atomic mass is 16.6. The van der Waals surface area contributed by atoms with Crippen molar-refractivity contribution in [1.29, 1.82) is 0 Å². The lowest BCUT2D eigenvalue weighted by Gasteiger charge is -2.34. The summed E-state index contributed by atoms with van der Waals surface area (Å²) in [4.78, 5) is 16.2. The molecule has 0 aliphatic carbocycles. The summed E-state index contributed by atoms with van der Waals surface area (Å²) in [6.45, 7) is 3.12. The van der Waals surface area contributed by atoms with E-state index in [1.807, 2.05) is 11.8 Å².